The topological polar surface area (TPSA) is 78.2 Å². The maximum atomic E-state index is 13.2. The molecule has 27 heavy (non-hydrogen) atoms. The van der Waals surface area contributed by atoms with Crippen molar-refractivity contribution in [2.24, 2.45) is 0 Å². The van der Waals surface area contributed by atoms with Crippen molar-refractivity contribution in [3.8, 4) is 0 Å². The zero-order valence-electron chi connectivity index (χ0n) is 15.7. The van der Waals surface area contributed by atoms with Crippen LogP contribution in [-0.4, -0.2) is 62.0 Å². The van der Waals surface area contributed by atoms with E-state index in [1.807, 2.05) is 25.1 Å². The van der Waals surface area contributed by atoms with Crippen LogP contribution >= 0.6 is 0 Å². The predicted molar refractivity (Wildman–Crippen MR) is 101 cm³/mol. The highest BCUT2D eigenvalue weighted by molar-refractivity contribution is 5.87. The van der Waals surface area contributed by atoms with Gasteiger partial charge in [0.1, 0.15) is 11.2 Å². The lowest BCUT2D eigenvalue weighted by atomic mass is 9.85. The van der Waals surface area contributed by atoms with Crippen molar-refractivity contribution in [1.82, 2.24) is 19.2 Å². The quantitative estimate of drug-likeness (QED) is 0.867. The number of hydrogen-bond acceptors (Lipinski definition) is 5. The van der Waals surface area contributed by atoms with Crippen molar-refractivity contribution < 1.29 is 9.90 Å². The van der Waals surface area contributed by atoms with Gasteiger partial charge in [0.15, 0.2) is 0 Å². The standard InChI is InChI=1S/C20H26N4O3/c1-15-5-2-6-17-21-16(13-18(26)24(15)17)14-23-10-4-8-20(23)7-3-9-22(11-12-25)19(20)27/h2,5-6,13,25H,3-4,7-12,14H2,1H3. The molecule has 4 heterocycles. The van der Waals surface area contributed by atoms with Crippen LogP contribution in [0.4, 0.5) is 0 Å². The Hall–Kier alpha value is -2.25. The fourth-order valence-electron chi connectivity index (χ4n) is 4.73. The number of pyridine rings is 1. The Morgan fingerprint density at radius 3 is 2.74 bits per heavy atom. The number of fused-ring (bicyclic) bond motifs is 1. The SMILES string of the molecule is Cc1cccc2nc(CN3CCCC34CCCN(CCO)C4=O)cc(=O)n12. The number of amides is 1. The Balaban J connectivity index is 1.65. The first-order valence-corrected chi connectivity index (χ1v) is 9.69. The third-order valence-corrected chi connectivity index (χ3v) is 5.98. The summed E-state index contributed by atoms with van der Waals surface area (Å²) >= 11 is 0. The lowest BCUT2D eigenvalue weighted by molar-refractivity contribution is -0.148. The molecule has 7 nitrogen and oxygen atoms in total. The first-order valence-electron chi connectivity index (χ1n) is 9.69. The molecule has 1 unspecified atom stereocenters. The minimum atomic E-state index is -0.507. The van der Waals surface area contributed by atoms with Crippen LogP contribution in [0.1, 0.15) is 37.1 Å². The van der Waals surface area contributed by atoms with E-state index in [2.05, 4.69) is 9.88 Å². The molecular weight excluding hydrogens is 344 g/mol. The van der Waals surface area contributed by atoms with Gasteiger partial charge in [0, 0.05) is 31.4 Å². The molecule has 2 aromatic rings. The molecule has 2 saturated heterocycles. The van der Waals surface area contributed by atoms with Crippen molar-refractivity contribution in [3.63, 3.8) is 0 Å². The number of aliphatic hydroxyl groups excluding tert-OH is 1. The number of rotatable bonds is 4. The summed E-state index contributed by atoms with van der Waals surface area (Å²) in [5.41, 5.74) is 1.61. The van der Waals surface area contributed by atoms with Gasteiger partial charge in [-0.1, -0.05) is 6.07 Å². The fourth-order valence-corrected chi connectivity index (χ4v) is 4.73. The molecule has 0 saturated carbocycles. The van der Waals surface area contributed by atoms with Gasteiger partial charge in [-0.15, -0.1) is 0 Å². The van der Waals surface area contributed by atoms with E-state index in [4.69, 9.17) is 0 Å². The van der Waals surface area contributed by atoms with E-state index >= 15 is 0 Å². The molecule has 1 atom stereocenters. The molecule has 0 bridgehead atoms. The van der Waals surface area contributed by atoms with Gasteiger partial charge in [0.2, 0.25) is 5.91 Å². The van der Waals surface area contributed by atoms with E-state index in [1.165, 1.54) is 0 Å². The lowest BCUT2D eigenvalue weighted by Gasteiger charge is -2.44. The molecule has 1 spiro atoms. The van der Waals surface area contributed by atoms with Gasteiger partial charge in [0.25, 0.3) is 5.56 Å². The summed E-state index contributed by atoms with van der Waals surface area (Å²) in [5.74, 6) is 0.119. The summed E-state index contributed by atoms with van der Waals surface area (Å²) < 4.78 is 1.61. The zero-order chi connectivity index (χ0) is 19.0. The maximum Gasteiger partial charge on any atom is 0.258 e. The molecule has 0 radical (unpaired) electrons. The second-order valence-electron chi connectivity index (χ2n) is 7.62. The highest BCUT2D eigenvalue weighted by Crippen LogP contribution is 2.38. The second kappa shape index (κ2) is 7.05. The van der Waals surface area contributed by atoms with Gasteiger partial charge >= 0.3 is 0 Å². The number of aliphatic hydroxyl groups is 1. The first-order chi connectivity index (χ1) is 13.0. The van der Waals surface area contributed by atoms with Gasteiger partial charge in [-0.05, 0) is 51.3 Å². The van der Waals surface area contributed by atoms with E-state index in [1.54, 1.807) is 15.4 Å². The molecule has 7 heteroatoms. The molecule has 1 amide bonds. The highest BCUT2D eigenvalue weighted by atomic mass is 16.3. The molecule has 1 N–H and O–H groups in total. The highest BCUT2D eigenvalue weighted by Gasteiger charge is 2.50. The Morgan fingerprint density at radius 1 is 1.19 bits per heavy atom. The number of piperidine rings is 1. The van der Waals surface area contributed by atoms with Gasteiger partial charge in [0.05, 0.1) is 12.3 Å². The first kappa shape index (κ1) is 18.1. The average Bonchev–Trinajstić information content (AvgIpc) is 3.02. The Bertz CT molecular complexity index is 923. The van der Waals surface area contributed by atoms with E-state index in [0.717, 1.165) is 37.9 Å². The van der Waals surface area contributed by atoms with Crippen molar-refractivity contribution in [3.05, 3.63) is 46.0 Å². The summed E-state index contributed by atoms with van der Waals surface area (Å²) in [6, 6.07) is 7.22. The number of aryl methyl sites for hydroxylation is 1. The van der Waals surface area contributed by atoms with Crippen LogP contribution in [0, 0.1) is 6.92 Å². The third kappa shape index (κ3) is 3.04. The van der Waals surface area contributed by atoms with Crippen molar-refractivity contribution >= 4 is 11.6 Å². The largest absolute Gasteiger partial charge is 0.395 e. The summed E-state index contributed by atoms with van der Waals surface area (Å²) in [4.78, 5) is 34.4. The van der Waals surface area contributed by atoms with Gasteiger partial charge in [-0.3, -0.25) is 18.9 Å². The number of carbonyl (C=O) groups is 1. The normalized spacial score (nSPS) is 23.6. The van der Waals surface area contributed by atoms with Crippen molar-refractivity contribution in [2.75, 3.05) is 26.2 Å². The van der Waals surface area contributed by atoms with E-state index in [9.17, 15) is 14.7 Å². The number of β-amino-alcohol motifs (C(OH)–C–C–N with tert-alkyl or cyclic N) is 1. The van der Waals surface area contributed by atoms with Crippen LogP contribution in [0.3, 0.4) is 0 Å². The van der Waals surface area contributed by atoms with Crippen LogP contribution in [0.25, 0.3) is 5.65 Å². The summed E-state index contributed by atoms with van der Waals surface area (Å²) in [7, 11) is 0. The molecule has 0 aromatic carbocycles. The molecule has 2 aromatic heterocycles. The fraction of sp³-hybridized carbons (Fsp3) is 0.550. The number of carbonyl (C=O) groups excluding carboxylic acids is 1. The smallest absolute Gasteiger partial charge is 0.258 e. The Labute approximate surface area is 158 Å². The van der Waals surface area contributed by atoms with Crippen LogP contribution in [-0.2, 0) is 11.3 Å². The summed E-state index contributed by atoms with van der Waals surface area (Å²) in [5, 5.41) is 9.27. The monoisotopic (exact) mass is 370 g/mol. The van der Waals surface area contributed by atoms with Crippen LogP contribution in [0.15, 0.2) is 29.1 Å². The summed E-state index contributed by atoms with van der Waals surface area (Å²) in [6.07, 6.45) is 3.57. The Morgan fingerprint density at radius 2 is 1.96 bits per heavy atom. The van der Waals surface area contributed by atoms with Crippen LogP contribution in [0.2, 0.25) is 0 Å². The second-order valence-corrected chi connectivity index (χ2v) is 7.62. The van der Waals surface area contributed by atoms with Gasteiger partial charge in [-0.2, -0.15) is 0 Å². The van der Waals surface area contributed by atoms with Gasteiger partial charge < -0.3 is 10.0 Å². The molecule has 0 aliphatic carbocycles. The molecule has 2 fully saturated rings. The number of hydrogen-bond donors (Lipinski definition) is 1. The minimum absolute atomic E-state index is 0.00976. The van der Waals surface area contributed by atoms with E-state index in [0.29, 0.717) is 31.0 Å². The number of aromatic nitrogens is 2. The number of likely N-dealkylation sites (tertiary alicyclic amines) is 2. The third-order valence-electron chi connectivity index (χ3n) is 5.98. The lowest BCUT2D eigenvalue weighted by Crippen LogP contribution is -2.60. The van der Waals surface area contributed by atoms with Gasteiger partial charge in [-0.25, -0.2) is 4.98 Å². The van der Waals surface area contributed by atoms with E-state index in [-0.39, 0.29) is 18.1 Å². The molecule has 2 aliphatic rings. The predicted octanol–water partition coefficient (Wildman–Crippen LogP) is 0.952. The molecular formula is C20H26N4O3. The molecule has 4 rings (SSSR count). The van der Waals surface area contributed by atoms with Crippen molar-refractivity contribution in [2.45, 2.75) is 44.7 Å². The molecule has 2 aliphatic heterocycles. The Kier molecular flexibility index (Phi) is 4.74. The summed E-state index contributed by atoms with van der Waals surface area (Å²) in [6.45, 7) is 4.31. The average molecular weight is 370 g/mol. The van der Waals surface area contributed by atoms with Crippen molar-refractivity contribution in [1.29, 1.82) is 0 Å². The van der Waals surface area contributed by atoms with Crippen LogP contribution < -0.4 is 5.56 Å². The van der Waals surface area contributed by atoms with Crippen LogP contribution in [0.5, 0.6) is 0 Å². The number of nitrogens with zero attached hydrogens (tertiary/aromatic N) is 4. The van der Waals surface area contributed by atoms with E-state index < -0.39 is 5.54 Å². The zero-order valence-corrected chi connectivity index (χ0v) is 15.7. The molecule has 144 valence electrons. The minimum Gasteiger partial charge on any atom is -0.395 e. The maximum absolute atomic E-state index is 13.2.